The SMILES string of the molecule is CS(=O)(=O)Nc1cccc(C(=O)OCC(=O)NC(=O)NC2CCCCC2)c1. The van der Waals surface area contributed by atoms with Crippen LogP contribution in [0.2, 0.25) is 0 Å². The fourth-order valence-corrected chi connectivity index (χ4v) is 3.32. The summed E-state index contributed by atoms with van der Waals surface area (Å²) in [4.78, 5) is 35.5. The first-order valence-electron chi connectivity index (χ1n) is 8.58. The van der Waals surface area contributed by atoms with Gasteiger partial charge in [-0.2, -0.15) is 0 Å². The van der Waals surface area contributed by atoms with Crippen LogP contribution < -0.4 is 15.4 Å². The lowest BCUT2D eigenvalue weighted by molar-refractivity contribution is -0.123. The second-order valence-corrected chi connectivity index (χ2v) is 8.14. The summed E-state index contributed by atoms with van der Waals surface area (Å²) in [6.07, 6.45) is 5.99. The Morgan fingerprint density at radius 3 is 2.52 bits per heavy atom. The largest absolute Gasteiger partial charge is 0.452 e. The van der Waals surface area contributed by atoms with Crippen LogP contribution >= 0.6 is 0 Å². The van der Waals surface area contributed by atoms with Crippen LogP contribution in [-0.4, -0.2) is 45.2 Å². The number of hydrogen-bond donors (Lipinski definition) is 3. The molecule has 3 N–H and O–H groups in total. The van der Waals surface area contributed by atoms with Crippen molar-refractivity contribution in [3.63, 3.8) is 0 Å². The molecule has 0 heterocycles. The van der Waals surface area contributed by atoms with Gasteiger partial charge < -0.3 is 10.1 Å². The van der Waals surface area contributed by atoms with Crippen molar-refractivity contribution < 1.29 is 27.5 Å². The van der Waals surface area contributed by atoms with Gasteiger partial charge in [0.25, 0.3) is 5.91 Å². The minimum absolute atomic E-state index is 0.0548. The molecule has 27 heavy (non-hydrogen) atoms. The van der Waals surface area contributed by atoms with Crippen molar-refractivity contribution in [1.29, 1.82) is 0 Å². The third kappa shape index (κ3) is 7.65. The number of benzene rings is 1. The number of imide groups is 1. The van der Waals surface area contributed by atoms with Gasteiger partial charge in [0.05, 0.1) is 11.8 Å². The summed E-state index contributed by atoms with van der Waals surface area (Å²) in [6.45, 7) is -0.624. The average Bonchev–Trinajstić information content (AvgIpc) is 2.59. The predicted molar refractivity (Wildman–Crippen MR) is 98.7 cm³/mol. The molecule has 1 aromatic carbocycles. The summed E-state index contributed by atoms with van der Waals surface area (Å²) in [5, 5.41) is 4.84. The number of carbonyl (C=O) groups excluding carboxylic acids is 3. The zero-order chi connectivity index (χ0) is 19.9. The van der Waals surface area contributed by atoms with E-state index < -0.39 is 34.5 Å². The molecule has 0 spiro atoms. The van der Waals surface area contributed by atoms with Gasteiger partial charge >= 0.3 is 12.0 Å². The molecule has 1 aromatic rings. The van der Waals surface area contributed by atoms with Crippen LogP contribution in [0.3, 0.4) is 0 Å². The number of sulfonamides is 1. The fraction of sp³-hybridized carbons (Fsp3) is 0.471. The highest BCUT2D eigenvalue weighted by Gasteiger charge is 2.18. The Kier molecular flexibility index (Phi) is 7.17. The van der Waals surface area contributed by atoms with E-state index in [1.165, 1.54) is 24.3 Å². The van der Waals surface area contributed by atoms with Gasteiger partial charge in [-0.3, -0.25) is 14.8 Å². The highest BCUT2D eigenvalue weighted by atomic mass is 32.2. The number of urea groups is 1. The first kappa shape index (κ1) is 20.7. The maximum Gasteiger partial charge on any atom is 0.338 e. The summed E-state index contributed by atoms with van der Waals surface area (Å²) < 4.78 is 29.5. The normalized spacial score (nSPS) is 14.9. The van der Waals surface area contributed by atoms with Crippen LogP contribution in [0.4, 0.5) is 10.5 Å². The van der Waals surface area contributed by atoms with Gasteiger partial charge in [0.2, 0.25) is 10.0 Å². The van der Waals surface area contributed by atoms with Crippen LogP contribution in [-0.2, 0) is 19.6 Å². The number of carbonyl (C=O) groups is 3. The standard InChI is InChI=1S/C17H23N3O6S/c1-27(24,25)20-14-9-5-6-12(10-14)16(22)26-11-15(21)19-17(23)18-13-7-3-2-4-8-13/h5-6,9-10,13,20H,2-4,7-8,11H2,1H3,(H2,18,19,21,23). The van der Waals surface area contributed by atoms with Gasteiger partial charge in [0, 0.05) is 11.7 Å². The number of anilines is 1. The van der Waals surface area contributed by atoms with E-state index in [0.29, 0.717) is 0 Å². The third-order valence-corrected chi connectivity index (χ3v) is 4.54. The maximum absolute atomic E-state index is 12.0. The number of nitrogens with one attached hydrogen (secondary N) is 3. The predicted octanol–water partition coefficient (Wildman–Crippen LogP) is 1.37. The molecule has 0 aliphatic heterocycles. The van der Waals surface area contributed by atoms with Crippen molar-refractivity contribution in [1.82, 2.24) is 10.6 Å². The summed E-state index contributed by atoms with van der Waals surface area (Å²) in [7, 11) is -3.48. The van der Waals surface area contributed by atoms with E-state index in [9.17, 15) is 22.8 Å². The highest BCUT2D eigenvalue weighted by molar-refractivity contribution is 7.92. The lowest BCUT2D eigenvalue weighted by atomic mass is 9.96. The molecule has 0 aromatic heterocycles. The number of hydrogen-bond acceptors (Lipinski definition) is 6. The second-order valence-electron chi connectivity index (χ2n) is 6.39. The van der Waals surface area contributed by atoms with E-state index in [-0.39, 0.29) is 17.3 Å². The number of ether oxygens (including phenoxy) is 1. The van der Waals surface area contributed by atoms with E-state index in [2.05, 4.69) is 15.4 Å². The quantitative estimate of drug-likeness (QED) is 0.622. The molecule has 1 aliphatic carbocycles. The fourth-order valence-electron chi connectivity index (χ4n) is 2.77. The van der Waals surface area contributed by atoms with Crippen molar-refractivity contribution in [2.24, 2.45) is 0 Å². The van der Waals surface area contributed by atoms with Crippen LogP contribution in [0, 0.1) is 0 Å². The zero-order valence-corrected chi connectivity index (χ0v) is 15.8. The Hall–Kier alpha value is -2.62. The molecule has 1 fully saturated rings. The Morgan fingerprint density at radius 1 is 1.15 bits per heavy atom. The molecule has 10 heteroatoms. The van der Waals surface area contributed by atoms with Crippen LogP contribution in [0.15, 0.2) is 24.3 Å². The van der Waals surface area contributed by atoms with Gasteiger partial charge in [0.1, 0.15) is 0 Å². The molecule has 0 saturated heterocycles. The smallest absolute Gasteiger partial charge is 0.338 e. The lowest BCUT2D eigenvalue weighted by Crippen LogP contribution is -2.46. The van der Waals surface area contributed by atoms with Gasteiger partial charge in [-0.15, -0.1) is 0 Å². The molecule has 148 valence electrons. The zero-order valence-electron chi connectivity index (χ0n) is 15.0. The van der Waals surface area contributed by atoms with Crippen LogP contribution in [0.5, 0.6) is 0 Å². The third-order valence-electron chi connectivity index (χ3n) is 3.93. The molecule has 1 aliphatic rings. The van der Waals surface area contributed by atoms with Crippen molar-refractivity contribution in [2.45, 2.75) is 38.1 Å². The molecular formula is C17H23N3O6S. The van der Waals surface area contributed by atoms with Gasteiger partial charge in [-0.25, -0.2) is 18.0 Å². The summed E-state index contributed by atoms with van der Waals surface area (Å²) in [6, 6.07) is 5.10. The molecule has 1 saturated carbocycles. The molecule has 0 unspecified atom stereocenters. The van der Waals surface area contributed by atoms with Gasteiger partial charge in [-0.1, -0.05) is 25.3 Å². The topological polar surface area (TPSA) is 131 Å². The van der Waals surface area contributed by atoms with Crippen molar-refractivity contribution in [2.75, 3.05) is 17.6 Å². The summed E-state index contributed by atoms with van der Waals surface area (Å²) >= 11 is 0. The van der Waals surface area contributed by atoms with E-state index in [1.807, 2.05) is 0 Å². The number of amides is 3. The van der Waals surface area contributed by atoms with Crippen LogP contribution in [0.1, 0.15) is 42.5 Å². The number of rotatable bonds is 6. The van der Waals surface area contributed by atoms with E-state index in [4.69, 9.17) is 4.74 Å². The average molecular weight is 397 g/mol. The Labute approximate surface area is 157 Å². The Balaban J connectivity index is 1.79. The van der Waals surface area contributed by atoms with Gasteiger partial charge in [0.15, 0.2) is 6.61 Å². The monoisotopic (exact) mass is 397 g/mol. The van der Waals surface area contributed by atoms with Crippen molar-refractivity contribution in [3.05, 3.63) is 29.8 Å². The molecule has 2 rings (SSSR count). The van der Waals surface area contributed by atoms with Gasteiger partial charge in [-0.05, 0) is 31.0 Å². The second kappa shape index (κ2) is 9.36. The minimum atomic E-state index is -3.48. The van der Waals surface area contributed by atoms with E-state index in [1.54, 1.807) is 0 Å². The maximum atomic E-state index is 12.0. The highest BCUT2D eigenvalue weighted by Crippen LogP contribution is 2.17. The summed E-state index contributed by atoms with van der Waals surface area (Å²) in [5.74, 6) is -1.56. The number of esters is 1. The minimum Gasteiger partial charge on any atom is -0.452 e. The lowest BCUT2D eigenvalue weighted by Gasteiger charge is -2.22. The van der Waals surface area contributed by atoms with E-state index >= 15 is 0 Å². The van der Waals surface area contributed by atoms with E-state index in [0.717, 1.165) is 38.4 Å². The molecule has 0 atom stereocenters. The molecule has 3 amide bonds. The van der Waals surface area contributed by atoms with Crippen molar-refractivity contribution >= 4 is 33.6 Å². The Morgan fingerprint density at radius 2 is 1.85 bits per heavy atom. The van der Waals surface area contributed by atoms with Crippen LogP contribution in [0.25, 0.3) is 0 Å². The molecule has 0 bridgehead atoms. The first-order chi connectivity index (χ1) is 12.7. The first-order valence-corrected chi connectivity index (χ1v) is 10.5. The summed E-state index contributed by atoms with van der Waals surface area (Å²) in [5.41, 5.74) is 0.270. The molecule has 0 radical (unpaired) electrons. The molecule has 9 nitrogen and oxygen atoms in total. The Bertz CT molecular complexity index is 803. The van der Waals surface area contributed by atoms with Crippen molar-refractivity contribution in [3.8, 4) is 0 Å². The molecular weight excluding hydrogens is 374 g/mol.